The highest BCUT2D eigenvalue weighted by atomic mass is 35.5. The summed E-state index contributed by atoms with van der Waals surface area (Å²) in [6.45, 7) is 6.03. The number of hydrogen-bond donors (Lipinski definition) is 3. The first kappa shape index (κ1) is 53.1. The maximum absolute atomic E-state index is 14.3. The van der Waals surface area contributed by atoms with Gasteiger partial charge in [0.05, 0.1) is 27.3 Å². The van der Waals surface area contributed by atoms with Crippen LogP contribution in [-0.2, 0) is 36.7 Å². The molecule has 21 heteroatoms. The zero-order valence-corrected chi connectivity index (χ0v) is 43.8. The van der Waals surface area contributed by atoms with Gasteiger partial charge in [0.15, 0.2) is 9.84 Å². The van der Waals surface area contributed by atoms with E-state index in [9.17, 15) is 43.5 Å². The number of piperazine rings is 1. The monoisotopic (exact) mass is 1080 g/mol. The highest BCUT2D eigenvalue weighted by Crippen LogP contribution is 2.43. The summed E-state index contributed by atoms with van der Waals surface area (Å²) in [5.74, 6) is 0.366. The Morgan fingerprint density at radius 3 is 2.03 bits per heavy atom. The Morgan fingerprint density at radius 1 is 0.764 bits per heavy atom. The summed E-state index contributed by atoms with van der Waals surface area (Å²) in [5, 5.41) is 13.6. The molecule has 0 saturated carbocycles. The second-order valence-corrected chi connectivity index (χ2v) is 25.2. The van der Waals surface area contributed by atoms with Crippen LogP contribution in [0.5, 0.6) is 0 Å². The molecule has 2 aliphatic heterocycles. The number of hydrogen-bond acceptors (Lipinski definition) is 12. The van der Waals surface area contributed by atoms with Crippen molar-refractivity contribution in [3.8, 4) is 22.4 Å². The summed E-state index contributed by atoms with van der Waals surface area (Å²) >= 11 is 7.66. The Balaban J connectivity index is 0.966. The molecule has 72 heavy (non-hydrogen) atoms. The number of sulfone groups is 2. The molecule has 8 rings (SSSR count). The molecule has 2 fully saturated rings. The van der Waals surface area contributed by atoms with Gasteiger partial charge < -0.3 is 29.7 Å². The third-order valence-electron chi connectivity index (χ3n) is 13.1. The van der Waals surface area contributed by atoms with E-state index in [1.54, 1.807) is 31.2 Å². The fraction of sp³-hybridized carbons (Fsp3) is 0.333. The van der Waals surface area contributed by atoms with Gasteiger partial charge in [-0.1, -0.05) is 54.1 Å². The number of anilines is 4. The number of halogens is 4. The number of sulfonamides is 1. The number of alkyl halides is 3. The quantitative estimate of drug-likeness (QED) is 0.0744. The van der Waals surface area contributed by atoms with Crippen molar-refractivity contribution in [2.75, 3.05) is 77.7 Å². The molecule has 0 spiro atoms. The van der Waals surface area contributed by atoms with Gasteiger partial charge in [0.1, 0.15) is 4.90 Å². The average molecular weight is 1090 g/mol. The van der Waals surface area contributed by atoms with Crippen LogP contribution in [0.25, 0.3) is 22.4 Å². The minimum atomic E-state index is -6.03. The van der Waals surface area contributed by atoms with Crippen LogP contribution in [0.4, 0.5) is 35.9 Å². The van der Waals surface area contributed by atoms with Crippen LogP contribution in [0.1, 0.15) is 25.0 Å². The molecule has 0 radical (unpaired) electrons. The van der Waals surface area contributed by atoms with E-state index in [4.69, 9.17) is 11.6 Å². The third-order valence-corrected chi connectivity index (χ3v) is 18.7. The second kappa shape index (κ2) is 21.7. The predicted molar refractivity (Wildman–Crippen MR) is 281 cm³/mol. The van der Waals surface area contributed by atoms with Crippen LogP contribution < -0.4 is 19.8 Å². The molecular weight excluding hydrogens is 1030 g/mol. The van der Waals surface area contributed by atoms with Gasteiger partial charge in [-0.3, -0.25) is 4.72 Å². The van der Waals surface area contributed by atoms with Crippen molar-refractivity contribution in [3.05, 3.63) is 132 Å². The van der Waals surface area contributed by atoms with Gasteiger partial charge in [0.2, 0.25) is 0 Å². The van der Waals surface area contributed by atoms with Crippen LogP contribution in [0.3, 0.4) is 0 Å². The lowest BCUT2D eigenvalue weighted by Crippen LogP contribution is -2.46. The van der Waals surface area contributed by atoms with E-state index in [-0.39, 0.29) is 16.3 Å². The zero-order chi connectivity index (χ0) is 51.6. The first-order valence-electron chi connectivity index (χ1n) is 23.3. The van der Waals surface area contributed by atoms with E-state index < -0.39 is 57.1 Å². The third kappa shape index (κ3) is 12.1. The van der Waals surface area contributed by atoms with Crippen molar-refractivity contribution in [2.45, 2.75) is 63.4 Å². The number of aromatic nitrogens is 1. The van der Waals surface area contributed by atoms with Crippen LogP contribution >= 0.6 is 23.4 Å². The molecule has 1 atom stereocenters. The van der Waals surface area contributed by atoms with E-state index in [0.717, 1.165) is 45.2 Å². The maximum atomic E-state index is 14.3. The fourth-order valence-corrected chi connectivity index (χ4v) is 13.7. The Labute approximate surface area is 428 Å². The number of aliphatic hydroxyl groups excluding tert-OH is 1. The maximum Gasteiger partial charge on any atom is 0.501 e. The number of thioether (sulfide) groups is 1. The van der Waals surface area contributed by atoms with Gasteiger partial charge in [-0.25, -0.2) is 25.3 Å². The molecule has 3 heterocycles. The summed E-state index contributed by atoms with van der Waals surface area (Å²) in [7, 11) is -12.4. The summed E-state index contributed by atoms with van der Waals surface area (Å²) < 4.78 is 128. The first-order chi connectivity index (χ1) is 34.1. The largest absolute Gasteiger partial charge is 0.501 e. The molecule has 0 aliphatic carbocycles. The number of nitrogens with zero attached hydrogens (tertiary/aromatic N) is 4. The Morgan fingerprint density at radius 2 is 1.40 bits per heavy atom. The molecule has 6 aromatic rings. The van der Waals surface area contributed by atoms with Gasteiger partial charge in [-0.2, -0.15) is 13.2 Å². The van der Waals surface area contributed by atoms with Gasteiger partial charge in [-0.15, -0.1) is 11.8 Å². The number of likely N-dealkylation sites (tertiary alicyclic amines) is 1. The molecule has 13 nitrogen and oxygen atoms in total. The highest BCUT2D eigenvalue weighted by Gasteiger charge is 2.48. The van der Waals surface area contributed by atoms with Crippen molar-refractivity contribution in [2.24, 2.45) is 7.05 Å². The molecule has 2 aliphatic rings. The van der Waals surface area contributed by atoms with E-state index >= 15 is 0 Å². The summed E-state index contributed by atoms with van der Waals surface area (Å²) in [5.41, 5.74) is -0.728. The number of benzene rings is 5. The lowest BCUT2D eigenvalue weighted by molar-refractivity contribution is -0.0435. The molecule has 3 N–H and O–H groups in total. The van der Waals surface area contributed by atoms with Crippen LogP contribution in [-0.4, -0.2) is 115 Å². The normalized spacial score (nSPS) is 15.9. The predicted octanol–water partition coefficient (Wildman–Crippen LogP) is 9.56. The van der Waals surface area contributed by atoms with E-state index in [1.807, 2.05) is 78.3 Å². The van der Waals surface area contributed by atoms with Crippen molar-refractivity contribution in [1.82, 2.24) is 9.47 Å². The molecule has 5 aromatic carbocycles. The van der Waals surface area contributed by atoms with Crippen LogP contribution in [0, 0.1) is 6.92 Å². The zero-order valence-electron chi connectivity index (χ0n) is 39.8. The molecule has 0 amide bonds. The van der Waals surface area contributed by atoms with E-state index in [2.05, 4.69) is 24.7 Å². The molecule has 0 unspecified atom stereocenters. The molecule has 2 saturated heterocycles. The second-order valence-electron chi connectivity index (χ2n) is 18.1. The smallest absolute Gasteiger partial charge is 0.393 e. The standard InChI is InChI=1S/C51H56ClF3N6O7S4/c1-35-50(70(3,63)64)48(49(58(35)2)36-12-14-38(52)15-13-36)37-8-7-9-42(32-37)61-30-28-60(29-31-61)41-18-16-39(17-19-41)57-72(67,68)45-20-21-46(47(33-45)71(65,66)51(53,54)55)56-40(34-69-44-10-5-4-6-11-44)22-25-59-26-23-43(62)24-27-59/h4-21,32-33,40,43,56-57,62H,22-31,34H2,1-3H3/t40-/m1/s1. The topological polar surface area (TPSA) is 161 Å². The fourth-order valence-electron chi connectivity index (χ4n) is 9.23. The number of rotatable bonds is 17. The SMILES string of the molecule is Cc1c(S(C)(=O)=O)c(-c2cccc(N3CCN(c4ccc(NS(=O)(=O)c5ccc(N[C@H](CCN6CCC(O)CC6)CSc6ccccc6)c(S(=O)(=O)C(F)(F)F)c5)cc4)CC3)c2)c(-c2ccc(Cl)cc2)n1C. The first-order valence-corrected chi connectivity index (χ1v) is 29.5. The number of piperidine rings is 1. The number of nitrogens with one attached hydrogen (secondary N) is 2. The summed E-state index contributed by atoms with van der Waals surface area (Å²) in [4.78, 5) is 5.78. The molecule has 384 valence electrons. The molecule has 1 aromatic heterocycles. The molecular formula is C51H56ClF3N6O7S4. The van der Waals surface area contributed by atoms with Gasteiger partial charge in [0.25, 0.3) is 19.9 Å². The van der Waals surface area contributed by atoms with Crippen molar-refractivity contribution < 1.29 is 43.5 Å². The van der Waals surface area contributed by atoms with Crippen LogP contribution in [0.2, 0.25) is 5.02 Å². The van der Waals surface area contributed by atoms with E-state index in [0.29, 0.717) is 93.2 Å². The molecule has 0 bridgehead atoms. The lowest BCUT2D eigenvalue weighted by Gasteiger charge is -2.37. The van der Waals surface area contributed by atoms with Crippen molar-refractivity contribution >= 4 is 75.8 Å². The minimum Gasteiger partial charge on any atom is -0.393 e. The Kier molecular flexibility index (Phi) is 16.0. The number of aliphatic hydroxyl groups is 1. The average Bonchev–Trinajstić information content (AvgIpc) is 3.63. The summed E-state index contributed by atoms with van der Waals surface area (Å²) in [6.07, 6.45) is 2.45. The Hall–Kier alpha value is -5.22. The highest BCUT2D eigenvalue weighted by molar-refractivity contribution is 7.99. The van der Waals surface area contributed by atoms with Gasteiger partial charge in [-0.05, 0) is 116 Å². The van der Waals surface area contributed by atoms with Crippen molar-refractivity contribution in [3.63, 3.8) is 0 Å². The van der Waals surface area contributed by atoms with Gasteiger partial charge >= 0.3 is 5.51 Å². The summed E-state index contributed by atoms with van der Waals surface area (Å²) in [6, 6.07) is 33.1. The van der Waals surface area contributed by atoms with E-state index in [1.165, 1.54) is 30.2 Å². The van der Waals surface area contributed by atoms with Crippen molar-refractivity contribution in [1.29, 1.82) is 0 Å². The lowest BCUT2D eigenvalue weighted by atomic mass is 10.00. The minimum absolute atomic E-state index is 0.113. The van der Waals surface area contributed by atoms with Gasteiger partial charge in [0, 0.05) is 109 Å². The van der Waals surface area contributed by atoms with Crippen LogP contribution in [0.15, 0.2) is 141 Å². The Bertz CT molecular complexity index is 3220.